The highest BCUT2D eigenvalue weighted by Crippen LogP contribution is 2.22. The maximum absolute atomic E-state index is 12.8. The van der Waals surface area contributed by atoms with Gasteiger partial charge in [0.2, 0.25) is 0 Å². The van der Waals surface area contributed by atoms with Gasteiger partial charge < -0.3 is 25.8 Å². The summed E-state index contributed by atoms with van der Waals surface area (Å²) in [5.41, 5.74) is 1.47. The van der Waals surface area contributed by atoms with Gasteiger partial charge in [0.1, 0.15) is 0 Å². The first kappa shape index (κ1) is 23.6. The second-order valence-corrected chi connectivity index (χ2v) is 8.55. The number of amides is 4. The van der Waals surface area contributed by atoms with Crippen LogP contribution < -0.4 is 16.0 Å². The first-order chi connectivity index (χ1) is 15.4. The molecule has 0 aliphatic carbocycles. The molecular weight excluding hydrogens is 470 g/mol. The van der Waals surface area contributed by atoms with Crippen LogP contribution in [0.15, 0.2) is 71.2 Å². The van der Waals surface area contributed by atoms with Crippen LogP contribution in [0.2, 0.25) is 0 Å². The number of carbonyl (C=O) groups is 2. The number of carbonyl (C=O) groups excluding carboxylic acids is 2. The van der Waals surface area contributed by atoms with Crippen molar-refractivity contribution in [1.29, 1.82) is 0 Å². The average Bonchev–Trinajstić information content (AvgIpc) is 2.77. The standard InChI is InChI=1S/C24H28BrN5O2/c1-29(2)16-17-30(24(32)27-20-12-10-19(25)11-13-20)15-14-26-23(31)28-22-9-5-7-18-6-3-4-8-21(18)22/h3-13H,14-17H2,1-2H3,(H,27,32)(H2,26,28,31). The van der Waals surface area contributed by atoms with E-state index in [2.05, 4.69) is 31.9 Å². The molecule has 3 aromatic rings. The van der Waals surface area contributed by atoms with Gasteiger partial charge in [-0.3, -0.25) is 0 Å². The zero-order valence-electron chi connectivity index (χ0n) is 18.3. The van der Waals surface area contributed by atoms with Gasteiger partial charge >= 0.3 is 12.1 Å². The van der Waals surface area contributed by atoms with E-state index in [-0.39, 0.29) is 12.1 Å². The summed E-state index contributed by atoms with van der Waals surface area (Å²) in [6.45, 7) is 1.98. The number of urea groups is 2. The number of nitrogens with zero attached hydrogens (tertiary/aromatic N) is 2. The number of anilines is 2. The molecule has 0 saturated carbocycles. The SMILES string of the molecule is CN(C)CCN(CCNC(=O)Nc1cccc2ccccc12)C(=O)Nc1ccc(Br)cc1. The minimum absolute atomic E-state index is 0.203. The van der Waals surface area contributed by atoms with Crippen molar-refractivity contribution in [2.45, 2.75) is 0 Å². The molecule has 0 aromatic heterocycles. The summed E-state index contributed by atoms with van der Waals surface area (Å²) in [6.07, 6.45) is 0. The van der Waals surface area contributed by atoms with Crippen molar-refractivity contribution in [3.63, 3.8) is 0 Å². The van der Waals surface area contributed by atoms with Crippen molar-refractivity contribution in [2.75, 3.05) is 50.9 Å². The third-order valence-corrected chi connectivity index (χ3v) is 5.43. The van der Waals surface area contributed by atoms with E-state index in [0.29, 0.717) is 19.6 Å². The molecule has 3 N–H and O–H groups in total. The Morgan fingerprint density at radius 1 is 0.844 bits per heavy atom. The minimum atomic E-state index is -0.303. The Hall–Kier alpha value is -3.10. The molecule has 32 heavy (non-hydrogen) atoms. The Morgan fingerprint density at radius 3 is 2.31 bits per heavy atom. The molecule has 0 saturated heterocycles. The van der Waals surface area contributed by atoms with Gasteiger partial charge in [-0.25, -0.2) is 9.59 Å². The molecule has 3 aromatic carbocycles. The molecule has 168 valence electrons. The van der Waals surface area contributed by atoms with Crippen molar-refractivity contribution in [2.24, 2.45) is 0 Å². The van der Waals surface area contributed by atoms with Gasteiger partial charge in [-0.05, 0) is 49.8 Å². The summed E-state index contributed by atoms with van der Waals surface area (Å²) in [7, 11) is 3.92. The fraction of sp³-hybridized carbons (Fsp3) is 0.250. The predicted molar refractivity (Wildman–Crippen MR) is 134 cm³/mol. The van der Waals surface area contributed by atoms with Crippen LogP contribution >= 0.6 is 15.9 Å². The van der Waals surface area contributed by atoms with Gasteiger partial charge in [0.15, 0.2) is 0 Å². The minimum Gasteiger partial charge on any atom is -0.336 e. The third kappa shape index (κ3) is 6.96. The maximum Gasteiger partial charge on any atom is 0.321 e. The predicted octanol–water partition coefficient (Wildman–Crippen LogP) is 4.82. The lowest BCUT2D eigenvalue weighted by atomic mass is 10.1. The lowest BCUT2D eigenvalue weighted by molar-refractivity contribution is 0.204. The highest BCUT2D eigenvalue weighted by Gasteiger charge is 2.14. The van der Waals surface area contributed by atoms with E-state index in [1.54, 1.807) is 4.90 Å². The van der Waals surface area contributed by atoms with Crippen LogP contribution in [0.3, 0.4) is 0 Å². The summed E-state index contributed by atoms with van der Waals surface area (Å²) < 4.78 is 0.946. The molecule has 7 nitrogen and oxygen atoms in total. The van der Waals surface area contributed by atoms with E-state index in [1.165, 1.54) is 0 Å². The van der Waals surface area contributed by atoms with Crippen LogP contribution in [0.25, 0.3) is 10.8 Å². The van der Waals surface area contributed by atoms with Crippen LogP contribution in [0.4, 0.5) is 21.0 Å². The first-order valence-electron chi connectivity index (χ1n) is 10.4. The van der Waals surface area contributed by atoms with Gasteiger partial charge in [-0.15, -0.1) is 0 Å². The quantitative estimate of drug-likeness (QED) is 0.417. The van der Waals surface area contributed by atoms with Crippen LogP contribution in [0, 0.1) is 0 Å². The molecule has 8 heteroatoms. The second kappa shape index (κ2) is 11.5. The van der Waals surface area contributed by atoms with Crippen LogP contribution in [0.5, 0.6) is 0 Å². The zero-order chi connectivity index (χ0) is 22.9. The average molecular weight is 498 g/mol. The van der Waals surface area contributed by atoms with Crippen molar-refractivity contribution >= 4 is 50.1 Å². The van der Waals surface area contributed by atoms with E-state index in [4.69, 9.17) is 0 Å². The Kier molecular flexibility index (Phi) is 8.47. The number of rotatable bonds is 8. The number of hydrogen-bond donors (Lipinski definition) is 3. The molecule has 0 fully saturated rings. The number of halogens is 1. The van der Waals surface area contributed by atoms with Gasteiger partial charge in [0.05, 0.1) is 5.69 Å². The van der Waals surface area contributed by atoms with Crippen molar-refractivity contribution in [1.82, 2.24) is 15.1 Å². The zero-order valence-corrected chi connectivity index (χ0v) is 19.9. The molecule has 0 bridgehead atoms. The summed E-state index contributed by atoms with van der Waals surface area (Å²) in [5.74, 6) is 0. The van der Waals surface area contributed by atoms with Crippen molar-refractivity contribution in [3.8, 4) is 0 Å². The number of benzene rings is 3. The van der Waals surface area contributed by atoms with E-state index < -0.39 is 0 Å². The molecular formula is C24H28BrN5O2. The molecule has 4 amide bonds. The molecule has 0 aliphatic rings. The lowest BCUT2D eigenvalue weighted by Gasteiger charge is -2.25. The summed E-state index contributed by atoms with van der Waals surface area (Å²) in [6, 6.07) is 20.6. The summed E-state index contributed by atoms with van der Waals surface area (Å²) in [4.78, 5) is 28.9. The van der Waals surface area contributed by atoms with E-state index in [0.717, 1.165) is 33.2 Å². The molecule has 0 spiro atoms. The highest BCUT2D eigenvalue weighted by atomic mass is 79.9. The van der Waals surface area contributed by atoms with Crippen molar-refractivity contribution in [3.05, 3.63) is 71.2 Å². The topological polar surface area (TPSA) is 76.7 Å². The Bertz CT molecular complexity index is 1050. The third-order valence-electron chi connectivity index (χ3n) is 4.90. The van der Waals surface area contributed by atoms with Gasteiger partial charge in [0.25, 0.3) is 0 Å². The van der Waals surface area contributed by atoms with Gasteiger partial charge in [0, 0.05) is 41.7 Å². The monoisotopic (exact) mass is 497 g/mol. The number of nitrogens with one attached hydrogen (secondary N) is 3. The van der Waals surface area contributed by atoms with E-state index in [1.807, 2.05) is 85.7 Å². The molecule has 0 heterocycles. The smallest absolute Gasteiger partial charge is 0.321 e. The van der Waals surface area contributed by atoms with Gasteiger partial charge in [-0.1, -0.05) is 52.3 Å². The van der Waals surface area contributed by atoms with E-state index >= 15 is 0 Å². The fourth-order valence-electron chi connectivity index (χ4n) is 3.18. The normalized spacial score (nSPS) is 10.8. The Morgan fingerprint density at radius 2 is 1.56 bits per heavy atom. The molecule has 0 aliphatic heterocycles. The van der Waals surface area contributed by atoms with Crippen LogP contribution in [-0.2, 0) is 0 Å². The van der Waals surface area contributed by atoms with Gasteiger partial charge in [-0.2, -0.15) is 0 Å². The molecule has 3 rings (SSSR count). The number of hydrogen-bond acceptors (Lipinski definition) is 3. The molecule has 0 unspecified atom stereocenters. The highest BCUT2D eigenvalue weighted by molar-refractivity contribution is 9.10. The maximum atomic E-state index is 12.8. The largest absolute Gasteiger partial charge is 0.336 e. The lowest BCUT2D eigenvalue weighted by Crippen LogP contribution is -2.44. The fourth-order valence-corrected chi connectivity index (χ4v) is 3.44. The molecule has 0 radical (unpaired) electrons. The first-order valence-corrected chi connectivity index (χ1v) is 11.2. The van der Waals surface area contributed by atoms with Crippen molar-refractivity contribution < 1.29 is 9.59 Å². The van der Waals surface area contributed by atoms with Crippen LogP contribution in [-0.4, -0.2) is 62.1 Å². The second-order valence-electron chi connectivity index (χ2n) is 7.63. The summed E-state index contributed by atoms with van der Waals surface area (Å²) >= 11 is 3.39. The number of fused-ring (bicyclic) bond motifs is 1. The molecule has 0 atom stereocenters. The number of likely N-dealkylation sites (N-methyl/N-ethyl adjacent to an activating group) is 1. The Labute approximate surface area is 196 Å². The van der Waals surface area contributed by atoms with E-state index in [9.17, 15) is 9.59 Å². The van der Waals surface area contributed by atoms with Crippen LogP contribution in [0.1, 0.15) is 0 Å². The summed E-state index contributed by atoms with van der Waals surface area (Å²) in [5, 5.41) is 10.7. The Balaban J connectivity index is 1.55.